The second-order valence-corrected chi connectivity index (χ2v) is 15.5. The first-order valence-corrected chi connectivity index (χ1v) is 14.1. The minimum Gasteiger partial charge on any atom is -0.461 e. The van der Waals surface area contributed by atoms with Gasteiger partial charge in [0.05, 0.1) is 11.5 Å². The average Bonchev–Trinajstić information content (AvgIpc) is 2.99. The van der Waals surface area contributed by atoms with Crippen LogP contribution in [0, 0.1) is 56.2 Å². The quantitative estimate of drug-likeness (QED) is 0.409. The Kier molecular flexibility index (Phi) is 4.44. The Labute approximate surface area is 201 Å². The summed E-state index contributed by atoms with van der Waals surface area (Å²) in [6.45, 7) is 17.3. The monoisotopic (exact) mass is 456 g/mol. The van der Waals surface area contributed by atoms with E-state index in [1.54, 1.807) is 0 Å². The van der Waals surface area contributed by atoms with Gasteiger partial charge in [-0.1, -0.05) is 48.5 Å². The number of carbonyl (C=O) groups excluding carboxylic acids is 1. The molecule has 1 saturated heterocycles. The van der Waals surface area contributed by atoms with Gasteiger partial charge < -0.3 is 9.84 Å². The van der Waals surface area contributed by atoms with Crippen LogP contribution in [0.4, 0.5) is 0 Å². The van der Waals surface area contributed by atoms with Gasteiger partial charge in [0.15, 0.2) is 0 Å². The zero-order valence-electron chi connectivity index (χ0n) is 22.3. The molecule has 6 rings (SSSR count). The molecular weight excluding hydrogens is 408 g/mol. The summed E-state index contributed by atoms with van der Waals surface area (Å²) < 4.78 is 6.28. The van der Waals surface area contributed by atoms with E-state index in [0.29, 0.717) is 28.6 Å². The lowest BCUT2D eigenvalue weighted by Gasteiger charge is -2.73. The Morgan fingerprint density at radius 3 is 2.18 bits per heavy atom. The maximum Gasteiger partial charge on any atom is 0.312 e. The number of hydrogen-bond donors (Lipinski definition) is 1. The molecule has 0 aromatic carbocycles. The third-order valence-corrected chi connectivity index (χ3v) is 14.0. The molecule has 1 heterocycles. The Bertz CT molecular complexity index is 876. The van der Waals surface area contributed by atoms with E-state index in [0.717, 1.165) is 31.6 Å². The van der Waals surface area contributed by atoms with E-state index in [9.17, 15) is 9.90 Å². The molecule has 2 bridgehead atoms. The molecule has 1 N–H and O–H groups in total. The van der Waals surface area contributed by atoms with E-state index in [1.807, 2.05) is 0 Å². The Morgan fingerprint density at radius 2 is 1.45 bits per heavy atom. The van der Waals surface area contributed by atoms with Crippen molar-refractivity contribution in [1.29, 1.82) is 0 Å². The predicted molar refractivity (Wildman–Crippen MR) is 130 cm³/mol. The summed E-state index contributed by atoms with van der Waals surface area (Å²) in [5.41, 5.74) is 0.823. The molecule has 5 saturated carbocycles. The molecule has 6 fully saturated rings. The van der Waals surface area contributed by atoms with Crippen LogP contribution in [-0.4, -0.2) is 23.3 Å². The van der Waals surface area contributed by atoms with Crippen LogP contribution >= 0.6 is 0 Å². The number of esters is 1. The molecular formula is C30H48O3. The SMILES string of the molecule is CC1(C)CC[C@@]23CC[C@]4(C)[C@@H](CC[C@@H]5[C@@]6(C)CC[C@@H](O)C(C)(C)[C@@H]6CC[C@]54C)[C@H]2[C@H]1OC3=O. The molecule has 1 aliphatic heterocycles. The van der Waals surface area contributed by atoms with Crippen molar-refractivity contribution in [3.63, 3.8) is 0 Å². The van der Waals surface area contributed by atoms with Crippen molar-refractivity contribution < 1.29 is 14.6 Å². The normalized spacial score (nSPS) is 58.4. The molecule has 10 atom stereocenters. The molecule has 5 aliphatic carbocycles. The fraction of sp³-hybridized carbons (Fsp3) is 0.967. The van der Waals surface area contributed by atoms with Crippen molar-refractivity contribution in [2.24, 2.45) is 56.2 Å². The van der Waals surface area contributed by atoms with E-state index in [2.05, 4.69) is 48.5 Å². The highest BCUT2D eigenvalue weighted by Crippen LogP contribution is 2.78. The summed E-state index contributed by atoms with van der Waals surface area (Å²) in [7, 11) is 0. The second-order valence-electron chi connectivity index (χ2n) is 15.5. The third-order valence-electron chi connectivity index (χ3n) is 14.0. The number of ether oxygens (including phenoxy) is 1. The number of fused-ring (bicyclic) bond motifs is 5. The van der Waals surface area contributed by atoms with Gasteiger partial charge in [0.2, 0.25) is 0 Å². The number of rotatable bonds is 0. The largest absolute Gasteiger partial charge is 0.461 e. The van der Waals surface area contributed by atoms with Crippen molar-refractivity contribution >= 4 is 5.97 Å². The Morgan fingerprint density at radius 1 is 0.758 bits per heavy atom. The van der Waals surface area contributed by atoms with Gasteiger partial charge in [0.25, 0.3) is 0 Å². The van der Waals surface area contributed by atoms with Crippen LogP contribution in [0.25, 0.3) is 0 Å². The minimum absolute atomic E-state index is 0.00939. The molecule has 0 radical (unpaired) electrons. The van der Waals surface area contributed by atoms with Crippen molar-refractivity contribution in [2.75, 3.05) is 0 Å². The highest BCUT2D eigenvalue weighted by atomic mass is 16.6. The van der Waals surface area contributed by atoms with Crippen molar-refractivity contribution in [3.8, 4) is 0 Å². The molecule has 3 heteroatoms. The van der Waals surface area contributed by atoms with Crippen molar-refractivity contribution in [1.82, 2.24) is 0 Å². The van der Waals surface area contributed by atoms with Crippen LogP contribution in [-0.2, 0) is 9.53 Å². The van der Waals surface area contributed by atoms with Gasteiger partial charge >= 0.3 is 5.97 Å². The van der Waals surface area contributed by atoms with Crippen LogP contribution in [0.5, 0.6) is 0 Å². The number of hydrogen-bond acceptors (Lipinski definition) is 3. The molecule has 0 amide bonds. The summed E-state index contributed by atoms with van der Waals surface area (Å²) in [4.78, 5) is 13.3. The maximum absolute atomic E-state index is 13.3. The predicted octanol–water partition coefficient (Wildman–Crippen LogP) is 6.76. The van der Waals surface area contributed by atoms with Crippen LogP contribution in [0.1, 0.15) is 113 Å². The van der Waals surface area contributed by atoms with E-state index < -0.39 is 0 Å². The zero-order chi connectivity index (χ0) is 23.8. The van der Waals surface area contributed by atoms with E-state index >= 15 is 0 Å². The van der Waals surface area contributed by atoms with Gasteiger partial charge in [-0.15, -0.1) is 0 Å². The number of carbonyl (C=O) groups is 1. The van der Waals surface area contributed by atoms with Crippen LogP contribution in [0.15, 0.2) is 0 Å². The fourth-order valence-electron chi connectivity index (χ4n) is 11.8. The third kappa shape index (κ3) is 2.45. The van der Waals surface area contributed by atoms with Crippen molar-refractivity contribution in [2.45, 2.75) is 125 Å². The fourth-order valence-corrected chi connectivity index (χ4v) is 11.8. The van der Waals surface area contributed by atoms with Crippen LogP contribution < -0.4 is 0 Å². The molecule has 186 valence electrons. The number of aliphatic hydroxyl groups is 1. The Hall–Kier alpha value is -0.570. The highest BCUT2D eigenvalue weighted by molar-refractivity contribution is 5.81. The van der Waals surface area contributed by atoms with Gasteiger partial charge in [-0.2, -0.15) is 0 Å². The average molecular weight is 457 g/mol. The summed E-state index contributed by atoms with van der Waals surface area (Å²) in [5.74, 6) is 2.50. The topological polar surface area (TPSA) is 46.5 Å². The van der Waals surface area contributed by atoms with Gasteiger partial charge in [-0.05, 0) is 104 Å². The molecule has 0 unspecified atom stereocenters. The minimum atomic E-state index is -0.189. The van der Waals surface area contributed by atoms with Gasteiger partial charge in [0, 0.05) is 11.3 Å². The first-order chi connectivity index (χ1) is 15.2. The maximum atomic E-state index is 13.3. The zero-order valence-corrected chi connectivity index (χ0v) is 22.3. The molecule has 0 aromatic rings. The smallest absolute Gasteiger partial charge is 0.312 e. The number of aliphatic hydroxyl groups excluding tert-OH is 1. The van der Waals surface area contributed by atoms with Crippen LogP contribution in [0.3, 0.4) is 0 Å². The highest BCUT2D eigenvalue weighted by Gasteiger charge is 2.75. The summed E-state index contributed by atoms with van der Waals surface area (Å²) >= 11 is 0. The lowest BCUT2D eigenvalue weighted by atomic mass is 9.31. The van der Waals surface area contributed by atoms with Crippen molar-refractivity contribution in [3.05, 3.63) is 0 Å². The molecule has 3 nitrogen and oxygen atoms in total. The van der Waals surface area contributed by atoms with Crippen LogP contribution in [0.2, 0.25) is 0 Å². The molecule has 0 aromatic heterocycles. The Balaban J connectivity index is 1.41. The molecule has 6 aliphatic rings. The first-order valence-electron chi connectivity index (χ1n) is 14.1. The summed E-state index contributed by atoms with van der Waals surface area (Å²) in [6, 6.07) is 0. The lowest BCUT2D eigenvalue weighted by molar-refractivity contribution is -0.252. The van der Waals surface area contributed by atoms with E-state index in [1.165, 1.54) is 38.5 Å². The second kappa shape index (κ2) is 6.40. The summed E-state index contributed by atoms with van der Waals surface area (Å²) in [5, 5.41) is 10.9. The first kappa shape index (κ1) is 22.9. The van der Waals surface area contributed by atoms with E-state index in [-0.39, 0.29) is 39.8 Å². The van der Waals surface area contributed by atoms with Gasteiger partial charge in [-0.25, -0.2) is 0 Å². The molecule has 0 spiro atoms. The van der Waals surface area contributed by atoms with E-state index in [4.69, 9.17) is 4.74 Å². The summed E-state index contributed by atoms with van der Waals surface area (Å²) in [6.07, 6.45) is 11.6. The van der Waals surface area contributed by atoms with Gasteiger partial charge in [-0.3, -0.25) is 4.79 Å². The van der Waals surface area contributed by atoms with Gasteiger partial charge in [0.1, 0.15) is 6.10 Å². The lowest BCUT2D eigenvalue weighted by Crippen LogP contribution is -2.67. The standard InChI is InChI=1S/C30H48O3/c1-25(2)14-16-30-17-15-28(6)18(22(30)23(25)33-24(30)32)8-9-20-27(5)12-11-21(31)26(3,4)19(27)10-13-29(20,28)7/h18-23,31H,8-17H2,1-7H3/t18-,19-,20+,21+,22-,23+,27-,28+,29+,30+/m0/s1. The molecule has 33 heavy (non-hydrogen) atoms.